The lowest BCUT2D eigenvalue weighted by Crippen LogP contribution is -2.48. The van der Waals surface area contributed by atoms with Gasteiger partial charge in [-0.2, -0.15) is 4.31 Å². The fraction of sp³-hybridized carbons (Fsp3) is 0.350. The first kappa shape index (κ1) is 22.5. The van der Waals surface area contributed by atoms with E-state index >= 15 is 0 Å². The molecule has 1 heterocycles. The maximum Gasteiger partial charge on any atom is 0.262 e. The highest BCUT2D eigenvalue weighted by Crippen LogP contribution is 2.25. The average Bonchev–Trinajstić information content (AvgIpc) is 2.67. The van der Waals surface area contributed by atoms with E-state index in [0.717, 1.165) is 6.07 Å². The van der Waals surface area contributed by atoms with Crippen molar-refractivity contribution in [2.24, 2.45) is 0 Å². The smallest absolute Gasteiger partial charge is 0.262 e. The van der Waals surface area contributed by atoms with Crippen LogP contribution in [0.15, 0.2) is 47.4 Å². The van der Waals surface area contributed by atoms with Crippen molar-refractivity contribution >= 4 is 33.2 Å². The van der Waals surface area contributed by atoms with E-state index in [1.807, 2.05) is 13.8 Å². The zero-order chi connectivity index (χ0) is 21.9. The number of anilines is 1. The van der Waals surface area contributed by atoms with Gasteiger partial charge in [-0.05, 0) is 56.3 Å². The molecule has 3 rings (SSSR count). The lowest BCUT2D eigenvalue weighted by Gasteiger charge is -2.34. The molecule has 0 unspecified atom stereocenters. The molecule has 0 spiro atoms. The van der Waals surface area contributed by atoms with Crippen LogP contribution in [0.1, 0.15) is 13.8 Å². The van der Waals surface area contributed by atoms with Crippen molar-refractivity contribution in [2.75, 3.05) is 25.0 Å². The number of nitrogens with one attached hydrogen (secondary N) is 1. The molecule has 1 fully saturated rings. The standard InChI is InChI=1S/C20H22ClFN2O5S/c1-13-10-24(11-14(2)29-13)30(26,27)17-6-4-16(5-7-17)23-20(25)12-28-19-8-3-15(22)9-18(19)21/h3-9,13-14H,10-12H2,1-2H3,(H,23,25)/t13-,14-/m1/s1. The van der Waals surface area contributed by atoms with Crippen LogP contribution < -0.4 is 10.1 Å². The third-order valence-electron chi connectivity index (χ3n) is 4.41. The number of hydrogen-bond donors (Lipinski definition) is 1. The molecule has 0 bridgehead atoms. The number of sulfonamides is 1. The van der Waals surface area contributed by atoms with Crippen LogP contribution in [0.4, 0.5) is 10.1 Å². The minimum absolute atomic E-state index is 0.0594. The number of morpholine rings is 1. The van der Waals surface area contributed by atoms with Crippen molar-refractivity contribution in [3.63, 3.8) is 0 Å². The Morgan fingerprint density at radius 3 is 2.43 bits per heavy atom. The molecule has 0 aromatic heterocycles. The number of ether oxygens (including phenoxy) is 2. The predicted molar refractivity (Wildman–Crippen MR) is 111 cm³/mol. The Labute approximate surface area is 179 Å². The molecule has 1 aliphatic heterocycles. The predicted octanol–water partition coefficient (Wildman–Crippen LogP) is 3.29. The van der Waals surface area contributed by atoms with Gasteiger partial charge in [0.15, 0.2) is 6.61 Å². The number of amides is 1. The van der Waals surface area contributed by atoms with Gasteiger partial charge in [-0.25, -0.2) is 12.8 Å². The van der Waals surface area contributed by atoms with Gasteiger partial charge in [-0.1, -0.05) is 11.6 Å². The first-order chi connectivity index (χ1) is 14.1. The maximum absolute atomic E-state index is 13.0. The molecule has 1 saturated heterocycles. The van der Waals surface area contributed by atoms with Crippen LogP contribution in [-0.2, 0) is 19.6 Å². The highest BCUT2D eigenvalue weighted by molar-refractivity contribution is 7.89. The first-order valence-corrected chi connectivity index (χ1v) is 11.1. The Morgan fingerprint density at radius 1 is 1.20 bits per heavy atom. The van der Waals surface area contributed by atoms with Gasteiger partial charge >= 0.3 is 0 Å². The number of rotatable bonds is 6. The summed E-state index contributed by atoms with van der Waals surface area (Å²) in [6, 6.07) is 9.48. The van der Waals surface area contributed by atoms with Gasteiger partial charge in [0.25, 0.3) is 5.91 Å². The molecule has 30 heavy (non-hydrogen) atoms. The summed E-state index contributed by atoms with van der Waals surface area (Å²) >= 11 is 5.85. The van der Waals surface area contributed by atoms with E-state index in [1.165, 1.54) is 40.7 Å². The van der Waals surface area contributed by atoms with E-state index in [-0.39, 0.29) is 47.6 Å². The summed E-state index contributed by atoms with van der Waals surface area (Å²) in [5.74, 6) is -0.793. The molecule has 10 heteroatoms. The molecule has 1 N–H and O–H groups in total. The molecule has 2 aromatic rings. The summed E-state index contributed by atoms with van der Waals surface area (Å²) in [7, 11) is -3.66. The SMILES string of the molecule is C[C@@H]1CN(S(=O)(=O)c2ccc(NC(=O)COc3ccc(F)cc3Cl)cc2)C[C@@H](C)O1. The van der Waals surface area contributed by atoms with Crippen molar-refractivity contribution in [3.8, 4) is 5.75 Å². The highest BCUT2D eigenvalue weighted by atomic mass is 35.5. The normalized spacial score (nSPS) is 20.0. The molecule has 2 atom stereocenters. The van der Waals surface area contributed by atoms with Gasteiger partial charge in [0.2, 0.25) is 10.0 Å². The van der Waals surface area contributed by atoms with Gasteiger partial charge in [0, 0.05) is 18.8 Å². The minimum Gasteiger partial charge on any atom is -0.482 e. The lowest BCUT2D eigenvalue weighted by molar-refractivity contribution is -0.118. The zero-order valence-electron chi connectivity index (χ0n) is 16.5. The summed E-state index contributed by atoms with van der Waals surface area (Å²) in [4.78, 5) is 12.2. The van der Waals surface area contributed by atoms with Gasteiger partial charge in [-0.3, -0.25) is 4.79 Å². The Balaban J connectivity index is 1.60. The quantitative estimate of drug-likeness (QED) is 0.721. The lowest BCUT2D eigenvalue weighted by atomic mass is 10.3. The second-order valence-corrected chi connectivity index (χ2v) is 9.36. The second kappa shape index (κ2) is 9.30. The molecule has 7 nitrogen and oxygen atoms in total. The molecule has 1 amide bonds. The minimum atomic E-state index is -3.66. The van der Waals surface area contributed by atoms with E-state index in [1.54, 1.807) is 0 Å². The Morgan fingerprint density at radius 2 is 1.83 bits per heavy atom. The summed E-state index contributed by atoms with van der Waals surface area (Å²) in [5.41, 5.74) is 0.413. The molecule has 0 aliphatic carbocycles. The van der Waals surface area contributed by atoms with Crippen molar-refractivity contribution in [1.29, 1.82) is 0 Å². The Bertz CT molecular complexity index is 1010. The first-order valence-electron chi connectivity index (χ1n) is 9.28. The van der Waals surface area contributed by atoms with Crippen LogP contribution in [0.5, 0.6) is 5.75 Å². The largest absolute Gasteiger partial charge is 0.482 e. The van der Waals surface area contributed by atoms with Crippen LogP contribution in [0.3, 0.4) is 0 Å². The van der Waals surface area contributed by atoms with Gasteiger partial charge in [-0.15, -0.1) is 0 Å². The molecule has 1 aliphatic rings. The van der Waals surface area contributed by atoms with Crippen molar-refractivity contribution in [2.45, 2.75) is 31.0 Å². The van der Waals surface area contributed by atoms with Crippen LogP contribution in [0.2, 0.25) is 5.02 Å². The van der Waals surface area contributed by atoms with E-state index < -0.39 is 21.7 Å². The number of carbonyl (C=O) groups excluding carboxylic acids is 1. The molecule has 2 aromatic carbocycles. The van der Waals surface area contributed by atoms with E-state index in [9.17, 15) is 17.6 Å². The fourth-order valence-corrected chi connectivity index (χ4v) is 4.93. The number of nitrogens with zero attached hydrogens (tertiary/aromatic N) is 1. The maximum atomic E-state index is 13.0. The van der Waals surface area contributed by atoms with Gasteiger partial charge in [0.1, 0.15) is 11.6 Å². The third kappa shape index (κ3) is 5.48. The monoisotopic (exact) mass is 456 g/mol. The fourth-order valence-electron chi connectivity index (χ4n) is 3.12. The van der Waals surface area contributed by atoms with Crippen LogP contribution in [0, 0.1) is 5.82 Å². The van der Waals surface area contributed by atoms with E-state index in [0.29, 0.717) is 5.69 Å². The van der Waals surface area contributed by atoms with E-state index in [4.69, 9.17) is 21.1 Å². The van der Waals surface area contributed by atoms with Gasteiger partial charge in [0.05, 0.1) is 22.1 Å². The molecule has 0 radical (unpaired) electrons. The summed E-state index contributed by atoms with van der Waals surface area (Å²) < 4.78 is 51.0. The van der Waals surface area contributed by atoms with Crippen LogP contribution in [-0.4, -0.2) is 50.5 Å². The van der Waals surface area contributed by atoms with Crippen LogP contribution >= 0.6 is 11.6 Å². The molecule has 0 saturated carbocycles. The topological polar surface area (TPSA) is 84.9 Å². The van der Waals surface area contributed by atoms with Gasteiger partial charge < -0.3 is 14.8 Å². The summed E-state index contributed by atoms with van der Waals surface area (Å²) in [5, 5.41) is 2.67. The number of carbonyl (C=O) groups is 1. The van der Waals surface area contributed by atoms with E-state index in [2.05, 4.69) is 5.32 Å². The molecular weight excluding hydrogens is 435 g/mol. The molecular formula is C20H22ClFN2O5S. The Hall–Kier alpha value is -2.20. The van der Waals surface area contributed by atoms with Crippen molar-refractivity contribution in [1.82, 2.24) is 4.31 Å². The summed E-state index contributed by atoms with van der Waals surface area (Å²) in [6.07, 6.45) is -0.367. The van der Waals surface area contributed by atoms with Crippen molar-refractivity contribution < 1.29 is 27.1 Å². The highest BCUT2D eigenvalue weighted by Gasteiger charge is 2.32. The summed E-state index contributed by atoms with van der Waals surface area (Å²) in [6.45, 7) is 3.90. The number of hydrogen-bond acceptors (Lipinski definition) is 5. The zero-order valence-corrected chi connectivity index (χ0v) is 18.0. The van der Waals surface area contributed by atoms with Crippen LogP contribution in [0.25, 0.3) is 0 Å². The van der Waals surface area contributed by atoms with Crippen molar-refractivity contribution in [3.05, 3.63) is 53.3 Å². The second-order valence-electron chi connectivity index (χ2n) is 7.02. The average molecular weight is 457 g/mol. The third-order valence-corrected chi connectivity index (χ3v) is 6.56. The Kier molecular flexibility index (Phi) is 6.97. The number of benzene rings is 2. The number of halogens is 2. The molecule has 162 valence electrons.